The molecule has 3 aromatic rings. The molecule has 4 rings (SSSR count). The number of amides is 2. The van der Waals surface area contributed by atoms with E-state index in [0.29, 0.717) is 11.7 Å². The van der Waals surface area contributed by atoms with Crippen LogP contribution in [-0.4, -0.2) is 33.5 Å². The van der Waals surface area contributed by atoms with Gasteiger partial charge >= 0.3 is 0 Å². The topological polar surface area (TPSA) is 88.1 Å². The first-order valence-corrected chi connectivity index (χ1v) is 10.9. The molecule has 2 aromatic heterocycles. The number of hydrogen-bond acceptors (Lipinski definition) is 7. The summed E-state index contributed by atoms with van der Waals surface area (Å²) in [6.07, 6.45) is 3.75. The van der Waals surface area contributed by atoms with Crippen molar-refractivity contribution in [2.75, 3.05) is 16.8 Å². The number of hydrogen-bond donors (Lipinski definition) is 1. The highest BCUT2D eigenvalue weighted by molar-refractivity contribution is 8.00. The Bertz CT molecular complexity index is 1020. The van der Waals surface area contributed by atoms with Gasteiger partial charge in [0.25, 0.3) is 0 Å². The molecule has 1 aromatic carbocycles. The van der Waals surface area contributed by atoms with Gasteiger partial charge in [-0.05, 0) is 36.2 Å². The van der Waals surface area contributed by atoms with Crippen molar-refractivity contribution in [1.82, 2.24) is 15.2 Å². The van der Waals surface area contributed by atoms with Gasteiger partial charge in [-0.15, -0.1) is 10.2 Å². The number of benzene rings is 1. The monoisotopic (exact) mass is 425 g/mol. The molecule has 1 aliphatic rings. The van der Waals surface area contributed by atoms with Crippen LogP contribution in [-0.2, 0) is 15.3 Å². The van der Waals surface area contributed by atoms with Crippen molar-refractivity contribution >= 4 is 45.7 Å². The third-order valence-electron chi connectivity index (χ3n) is 4.53. The number of rotatable bonds is 6. The summed E-state index contributed by atoms with van der Waals surface area (Å²) in [5.74, 6) is 0.0894. The van der Waals surface area contributed by atoms with Gasteiger partial charge in [-0.25, -0.2) is 0 Å². The number of carbonyl (C=O) groups excluding carboxylic acids is 2. The Kier molecular flexibility index (Phi) is 5.86. The van der Waals surface area contributed by atoms with Gasteiger partial charge in [-0.2, -0.15) is 0 Å². The van der Waals surface area contributed by atoms with Crippen LogP contribution in [0.5, 0.6) is 0 Å². The summed E-state index contributed by atoms with van der Waals surface area (Å²) >= 11 is 2.87. The molecule has 1 aliphatic heterocycles. The molecule has 0 saturated carbocycles. The molecule has 3 heterocycles. The Morgan fingerprint density at radius 1 is 1.31 bits per heavy atom. The van der Waals surface area contributed by atoms with Crippen LogP contribution in [0.1, 0.15) is 17.5 Å². The van der Waals surface area contributed by atoms with Crippen LogP contribution in [0.25, 0.3) is 0 Å². The van der Waals surface area contributed by atoms with E-state index in [1.807, 2.05) is 49.5 Å². The van der Waals surface area contributed by atoms with Crippen LogP contribution in [0, 0.1) is 12.8 Å². The smallest absolute Gasteiger partial charge is 0.231 e. The number of nitrogens with zero attached hydrogens (tertiary/aromatic N) is 4. The standard InChI is InChI=1S/C20H19N5O2S2/c1-13-4-2-6-16(8-13)25-11-15(9-17(25)26)18(27)22-19-23-24-20(29-19)28-12-14-5-3-7-21-10-14/h2-8,10,15H,9,11-12H2,1H3,(H,22,23,27)/t15-/m0/s1. The number of carbonyl (C=O) groups is 2. The first-order valence-electron chi connectivity index (χ1n) is 9.11. The molecule has 29 heavy (non-hydrogen) atoms. The highest BCUT2D eigenvalue weighted by Gasteiger charge is 2.35. The molecule has 7 nitrogen and oxygen atoms in total. The first-order chi connectivity index (χ1) is 14.1. The third-order valence-corrected chi connectivity index (χ3v) is 6.57. The zero-order valence-corrected chi connectivity index (χ0v) is 17.4. The normalized spacial score (nSPS) is 16.2. The molecular weight excluding hydrogens is 406 g/mol. The quantitative estimate of drug-likeness (QED) is 0.480. The second-order valence-electron chi connectivity index (χ2n) is 6.76. The number of aryl methyl sites for hydroxylation is 1. The lowest BCUT2D eigenvalue weighted by molar-refractivity contribution is -0.122. The van der Waals surface area contributed by atoms with Crippen molar-refractivity contribution in [3.63, 3.8) is 0 Å². The van der Waals surface area contributed by atoms with E-state index in [4.69, 9.17) is 0 Å². The minimum absolute atomic E-state index is 0.0410. The largest absolute Gasteiger partial charge is 0.312 e. The van der Waals surface area contributed by atoms with E-state index in [0.717, 1.165) is 26.9 Å². The van der Waals surface area contributed by atoms with Gasteiger partial charge < -0.3 is 10.2 Å². The molecular formula is C20H19N5O2S2. The Hall–Kier alpha value is -2.78. The lowest BCUT2D eigenvalue weighted by atomic mass is 10.1. The maximum Gasteiger partial charge on any atom is 0.231 e. The molecule has 0 aliphatic carbocycles. The zero-order valence-electron chi connectivity index (χ0n) is 15.7. The molecule has 1 saturated heterocycles. The number of thioether (sulfide) groups is 1. The molecule has 0 spiro atoms. The third kappa shape index (κ3) is 4.80. The molecule has 148 valence electrons. The Balaban J connectivity index is 1.34. The van der Waals surface area contributed by atoms with Gasteiger partial charge in [0.1, 0.15) is 0 Å². The van der Waals surface area contributed by atoms with Crippen molar-refractivity contribution in [2.45, 2.75) is 23.4 Å². The molecule has 1 atom stereocenters. The maximum atomic E-state index is 12.6. The van der Waals surface area contributed by atoms with Crippen LogP contribution < -0.4 is 10.2 Å². The molecule has 1 fully saturated rings. The summed E-state index contributed by atoms with van der Waals surface area (Å²) in [6, 6.07) is 11.6. The van der Waals surface area contributed by atoms with E-state index >= 15 is 0 Å². The average Bonchev–Trinajstić information content (AvgIpc) is 3.33. The lowest BCUT2D eigenvalue weighted by Gasteiger charge is -2.17. The summed E-state index contributed by atoms with van der Waals surface area (Å²) in [4.78, 5) is 30.8. The summed E-state index contributed by atoms with van der Waals surface area (Å²) < 4.78 is 0.771. The van der Waals surface area contributed by atoms with Gasteiger partial charge in [0.2, 0.25) is 16.9 Å². The van der Waals surface area contributed by atoms with Crippen molar-refractivity contribution in [1.29, 1.82) is 0 Å². The second-order valence-corrected chi connectivity index (χ2v) is 8.96. The van der Waals surface area contributed by atoms with Gasteiger partial charge in [0, 0.05) is 36.8 Å². The number of pyridine rings is 1. The van der Waals surface area contributed by atoms with Crippen LogP contribution in [0.15, 0.2) is 53.1 Å². The van der Waals surface area contributed by atoms with E-state index in [-0.39, 0.29) is 18.2 Å². The first kappa shape index (κ1) is 19.5. The minimum Gasteiger partial charge on any atom is -0.312 e. The van der Waals surface area contributed by atoms with Crippen molar-refractivity contribution in [3.05, 3.63) is 59.9 Å². The Morgan fingerprint density at radius 3 is 3.00 bits per heavy atom. The zero-order chi connectivity index (χ0) is 20.2. The van der Waals surface area contributed by atoms with E-state index in [9.17, 15) is 9.59 Å². The Morgan fingerprint density at radius 2 is 2.21 bits per heavy atom. The molecule has 9 heteroatoms. The minimum atomic E-state index is -0.404. The SMILES string of the molecule is Cc1cccc(N2C[C@@H](C(=O)Nc3nnc(SCc4cccnc4)s3)CC2=O)c1. The predicted octanol–water partition coefficient (Wildman–Crippen LogP) is 3.53. The highest BCUT2D eigenvalue weighted by Crippen LogP contribution is 2.30. The van der Waals surface area contributed by atoms with Crippen LogP contribution >= 0.6 is 23.1 Å². The molecule has 0 unspecified atom stereocenters. The summed E-state index contributed by atoms with van der Waals surface area (Å²) in [5, 5.41) is 11.4. The molecule has 0 bridgehead atoms. The number of anilines is 2. The second kappa shape index (κ2) is 8.71. The van der Waals surface area contributed by atoms with E-state index in [1.165, 1.54) is 11.3 Å². The van der Waals surface area contributed by atoms with Gasteiger partial charge in [0.15, 0.2) is 4.34 Å². The van der Waals surface area contributed by atoms with Crippen LogP contribution in [0.4, 0.5) is 10.8 Å². The van der Waals surface area contributed by atoms with Crippen molar-refractivity contribution in [3.8, 4) is 0 Å². The van der Waals surface area contributed by atoms with Crippen LogP contribution in [0.2, 0.25) is 0 Å². The number of aromatic nitrogens is 3. The van der Waals surface area contributed by atoms with Crippen molar-refractivity contribution < 1.29 is 9.59 Å². The molecule has 2 amide bonds. The van der Waals surface area contributed by atoms with Gasteiger partial charge in [-0.3, -0.25) is 14.6 Å². The fourth-order valence-corrected chi connectivity index (χ4v) is 4.77. The maximum absolute atomic E-state index is 12.6. The summed E-state index contributed by atoms with van der Waals surface area (Å²) in [5.41, 5.74) is 3.00. The summed E-state index contributed by atoms with van der Waals surface area (Å²) in [6.45, 7) is 2.35. The van der Waals surface area contributed by atoms with E-state index < -0.39 is 5.92 Å². The predicted molar refractivity (Wildman–Crippen MR) is 114 cm³/mol. The Labute approximate surface area is 176 Å². The average molecular weight is 426 g/mol. The van der Waals surface area contributed by atoms with Gasteiger partial charge in [0.05, 0.1) is 5.92 Å². The fraction of sp³-hybridized carbons (Fsp3) is 0.250. The fourth-order valence-electron chi connectivity index (χ4n) is 3.08. The molecule has 0 radical (unpaired) electrons. The number of nitrogens with one attached hydrogen (secondary N) is 1. The van der Waals surface area contributed by atoms with Gasteiger partial charge in [-0.1, -0.05) is 41.3 Å². The van der Waals surface area contributed by atoms with E-state index in [2.05, 4.69) is 20.5 Å². The summed E-state index contributed by atoms with van der Waals surface area (Å²) in [7, 11) is 0. The lowest BCUT2D eigenvalue weighted by Crippen LogP contribution is -2.28. The highest BCUT2D eigenvalue weighted by atomic mass is 32.2. The van der Waals surface area contributed by atoms with Crippen LogP contribution in [0.3, 0.4) is 0 Å². The van der Waals surface area contributed by atoms with E-state index in [1.54, 1.807) is 22.9 Å². The molecule has 1 N–H and O–H groups in total. The van der Waals surface area contributed by atoms with Crippen molar-refractivity contribution in [2.24, 2.45) is 5.92 Å².